The van der Waals surface area contributed by atoms with Crippen LogP contribution in [-0.2, 0) is 13.1 Å². The number of carbonyl (C=O) groups is 2. The van der Waals surface area contributed by atoms with Gasteiger partial charge in [0.15, 0.2) is 0 Å². The first-order valence-electron chi connectivity index (χ1n) is 11.2. The van der Waals surface area contributed by atoms with Gasteiger partial charge >= 0.3 is 0 Å². The first-order valence-corrected chi connectivity index (χ1v) is 11.2. The minimum absolute atomic E-state index is 0.206. The summed E-state index contributed by atoms with van der Waals surface area (Å²) in [7, 11) is 0. The van der Waals surface area contributed by atoms with E-state index in [0.717, 1.165) is 25.2 Å². The van der Waals surface area contributed by atoms with Crippen molar-refractivity contribution in [1.82, 2.24) is 10.2 Å². The summed E-state index contributed by atoms with van der Waals surface area (Å²) in [5.74, 6) is -0.968. The lowest BCUT2D eigenvalue weighted by Gasteiger charge is -2.20. The van der Waals surface area contributed by atoms with Gasteiger partial charge in [-0.2, -0.15) is 0 Å². The molecule has 0 fully saturated rings. The minimum atomic E-state index is -0.403. The van der Waals surface area contributed by atoms with Crippen LogP contribution in [0.5, 0.6) is 0 Å². The summed E-state index contributed by atoms with van der Waals surface area (Å²) in [5.41, 5.74) is 4.32. The molecule has 0 saturated heterocycles. The molecule has 0 unspecified atom stereocenters. The molecule has 0 aliphatic rings. The average molecular weight is 448 g/mol. The Morgan fingerprint density at radius 2 is 1.52 bits per heavy atom. The van der Waals surface area contributed by atoms with Crippen molar-refractivity contribution in [3.63, 3.8) is 0 Å². The number of hydrogen-bond acceptors (Lipinski definition) is 3. The van der Waals surface area contributed by atoms with E-state index in [0.29, 0.717) is 28.9 Å². The highest BCUT2D eigenvalue weighted by atomic mass is 19.1. The Labute approximate surface area is 194 Å². The van der Waals surface area contributed by atoms with Gasteiger partial charge < -0.3 is 10.6 Å². The van der Waals surface area contributed by atoms with Gasteiger partial charge in [-0.25, -0.2) is 4.39 Å². The maximum absolute atomic E-state index is 13.1. The SMILES string of the molecule is CCN(CC)Cc1ccccc1CNC(=O)c1cccc(NC(=O)c2ccc(F)cc2)c1C. The molecule has 3 aromatic rings. The predicted molar refractivity (Wildman–Crippen MR) is 130 cm³/mol. The number of amides is 2. The molecule has 0 spiro atoms. The number of anilines is 1. The molecule has 3 aromatic carbocycles. The van der Waals surface area contributed by atoms with Crippen LogP contribution in [0.25, 0.3) is 0 Å². The molecular formula is C27H30FN3O2. The van der Waals surface area contributed by atoms with E-state index in [1.54, 1.807) is 25.1 Å². The van der Waals surface area contributed by atoms with E-state index in [9.17, 15) is 14.0 Å². The van der Waals surface area contributed by atoms with E-state index in [1.807, 2.05) is 18.2 Å². The number of nitrogens with zero attached hydrogens (tertiary/aromatic N) is 1. The zero-order valence-corrected chi connectivity index (χ0v) is 19.3. The van der Waals surface area contributed by atoms with Crippen LogP contribution in [0.4, 0.5) is 10.1 Å². The van der Waals surface area contributed by atoms with Crippen molar-refractivity contribution in [3.05, 3.63) is 100 Å². The smallest absolute Gasteiger partial charge is 0.255 e. The second-order valence-corrected chi connectivity index (χ2v) is 7.85. The molecular weight excluding hydrogens is 417 g/mol. The second-order valence-electron chi connectivity index (χ2n) is 7.85. The summed E-state index contributed by atoms with van der Waals surface area (Å²) in [6.07, 6.45) is 0. The predicted octanol–water partition coefficient (Wildman–Crippen LogP) is 5.16. The second kappa shape index (κ2) is 11.4. The normalized spacial score (nSPS) is 10.8. The number of benzene rings is 3. The van der Waals surface area contributed by atoms with E-state index in [2.05, 4.69) is 35.4 Å². The maximum atomic E-state index is 13.1. The van der Waals surface area contributed by atoms with Crippen molar-refractivity contribution in [2.24, 2.45) is 0 Å². The summed E-state index contributed by atoms with van der Waals surface area (Å²) in [6, 6.07) is 18.7. The molecule has 2 amide bonds. The Balaban J connectivity index is 1.70. The van der Waals surface area contributed by atoms with Crippen LogP contribution in [-0.4, -0.2) is 29.8 Å². The lowest BCUT2D eigenvalue weighted by molar-refractivity contribution is 0.0948. The van der Waals surface area contributed by atoms with Gasteiger partial charge in [-0.15, -0.1) is 0 Å². The molecule has 2 N–H and O–H groups in total. The highest BCUT2D eigenvalue weighted by Crippen LogP contribution is 2.20. The number of carbonyl (C=O) groups excluding carboxylic acids is 2. The summed E-state index contributed by atoms with van der Waals surface area (Å²) in [4.78, 5) is 27.8. The van der Waals surface area contributed by atoms with Crippen molar-refractivity contribution >= 4 is 17.5 Å². The quantitative estimate of drug-likeness (QED) is 0.476. The Morgan fingerprint density at radius 3 is 2.18 bits per heavy atom. The highest BCUT2D eigenvalue weighted by Gasteiger charge is 2.15. The van der Waals surface area contributed by atoms with Crippen LogP contribution in [0, 0.1) is 12.7 Å². The van der Waals surface area contributed by atoms with Crippen LogP contribution >= 0.6 is 0 Å². The van der Waals surface area contributed by atoms with E-state index >= 15 is 0 Å². The highest BCUT2D eigenvalue weighted by molar-refractivity contribution is 6.06. The van der Waals surface area contributed by atoms with E-state index in [-0.39, 0.29) is 11.8 Å². The van der Waals surface area contributed by atoms with Crippen LogP contribution in [0.2, 0.25) is 0 Å². The zero-order chi connectivity index (χ0) is 23.8. The van der Waals surface area contributed by atoms with Crippen LogP contribution in [0.1, 0.15) is 51.3 Å². The third-order valence-electron chi connectivity index (χ3n) is 5.78. The molecule has 0 aliphatic heterocycles. The monoisotopic (exact) mass is 447 g/mol. The Morgan fingerprint density at radius 1 is 0.848 bits per heavy atom. The summed E-state index contributed by atoms with van der Waals surface area (Å²) < 4.78 is 13.1. The van der Waals surface area contributed by atoms with Crippen molar-refractivity contribution in [1.29, 1.82) is 0 Å². The van der Waals surface area contributed by atoms with Gasteiger partial charge in [0.05, 0.1) is 0 Å². The Bertz CT molecular complexity index is 1110. The maximum Gasteiger partial charge on any atom is 0.255 e. The van der Waals surface area contributed by atoms with Crippen LogP contribution < -0.4 is 10.6 Å². The van der Waals surface area contributed by atoms with Gasteiger partial charge in [0.25, 0.3) is 11.8 Å². The van der Waals surface area contributed by atoms with E-state index in [1.165, 1.54) is 29.8 Å². The van der Waals surface area contributed by atoms with E-state index in [4.69, 9.17) is 0 Å². The number of hydrogen-bond donors (Lipinski definition) is 2. The van der Waals surface area contributed by atoms with Crippen molar-refractivity contribution < 1.29 is 14.0 Å². The number of nitrogens with one attached hydrogen (secondary N) is 2. The van der Waals surface area contributed by atoms with Crippen LogP contribution in [0.3, 0.4) is 0 Å². The lowest BCUT2D eigenvalue weighted by atomic mass is 10.0. The van der Waals surface area contributed by atoms with Gasteiger partial charge in [0, 0.05) is 29.9 Å². The van der Waals surface area contributed by atoms with Gasteiger partial charge in [-0.05, 0) is 73.1 Å². The summed E-state index contributed by atoms with van der Waals surface area (Å²) in [5, 5.41) is 5.82. The van der Waals surface area contributed by atoms with Gasteiger partial charge in [-0.3, -0.25) is 14.5 Å². The van der Waals surface area contributed by atoms with E-state index < -0.39 is 5.82 Å². The standard InChI is InChI=1S/C27H30FN3O2/c1-4-31(5-2)18-22-10-7-6-9-21(22)17-29-27(33)24-11-8-12-25(19(24)3)30-26(32)20-13-15-23(28)16-14-20/h6-16H,4-5,17-18H2,1-3H3,(H,29,33)(H,30,32). The molecule has 0 aliphatic carbocycles. The molecule has 0 atom stereocenters. The topological polar surface area (TPSA) is 61.4 Å². The molecule has 0 aromatic heterocycles. The van der Waals surface area contributed by atoms with Gasteiger partial charge in [-0.1, -0.05) is 44.2 Å². The third kappa shape index (κ3) is 6.26. The molecule has 172 valence electrons. The molecule has 0 heterocycles. The fraction of sp³-hybridized carbons (Fsp3) is 0.259. The van der Waals surface area contributed by atoms with Gasteiger partial charge in [0.2, 0.25) is 0 Å². The fourth-order valence-electron chi connectivity index (χ4n) is 3.66. The fourth-order valence-corrected chi connectivity index (χ4v) is 3.66. The van der Waals surface area contributed by atoms with Crippen LogP contribution in [0.15, 0.2) is 66.7 Å². The van der Waals surface area contributed by atoms with Crippen molar-refractivity contribution in [2.75, 3.05) is 18.4 Å². The lowest BCUT2D eigenvalue weighted by Crippen LogP contribution is -2.26. The number of halogens is 1. The first-order chi connectivity index (χ1) is 15.9. The summed E-state index contributed by atoms with van der Waals surface area (Å²) in [6.45, 7) is 9.25. The molecule has 3 rings (SSSR count). The van der Waals surface area contributed by atoms with Gasteiger partial charge in [0.1, 0.15) is 5.82 Å². The first kappa shape index (κ1) is 24.1. The molecule has 6 heteroatoms. The minimum Gasteiger partial charge on any atom is -0.348 e. The average Bonchev–Trinajstić information content (AvgIpc) is 2.83. The largest absolute Gasteiger partial charge is 0.348 e. The van der Waals surface area contributed by atoms with Crippen molar-refractivity contribution in [2.45, 2.75) is 33.9 Å². The molecule has 0 bridgehead atoms. The van der Waals surface area contributed by atoms with Crippen molar-refractivity contribution in [3.8, 4) is 0 Å². The molecule has 0 radical (unpaired) electrons. The third-order valence-corrected chi connectivity index (χ3v) is 5.78. The Kier molecular flexibility index (Phi) is 8.33. The molecule has 5 nitrogen and oxygen atoms in total. The Hall–Kier alpha value is -3.51. The number of rotatable bonds is 9. The molecule has 0 saturated carbocycles. The zero-order valence-electron chi connectivity index (χ0n) is 19.3. The molecule has 33 heavy (non-hydrogen) atoms. The summed E-state index contributed by atoms with van der Waals surface area (Å²) >= 11 is 0.